The average Bonchev–Trinajstić information content (AvgIpc) is 2.71. The Morgan fingerprint density at radius 2 is 1.14 bits per heavy atom. The summed E-state index contributed by atoms with van der Waals surface area (Å²) in [4.78, 5) is 0. The van der Waals surface area contributed by atoms with Crippen molar-refractivity contribution in [1.82, 2.24) is 0 Å². The topological polar surface area (TPSA) is 9.23 Å². The van der Waals surface area contributed by atoms with Crippen LogP contribution in [0.25, 0.3) is 24.3 Å². The van der Waals surface area contributed by atoms with Crippen LogP contribution < -0.4 is 4.74 Å². The molecular formula is C28H30O. The van der Waals surface area contributed by atoms with Gasteiger partial charge in [0.25, 0.3) is 0 Å². The number of ether oxygens (including phenoxy) is 1. The van der Waals surface area contributed by atoms with Crippen molar-refractivity contribution in [3.8, 4) is 5.75 Å². The summed E-state index contributed by atoms with van der Waals surface area (Å²) in [6, 6.07) is 23.5. The summed E-state index contributed by atoms with van der Waals surface area (Å²) in [5.74, 6) is 0.895. The van der Waals surface area contributed by atoms with Gasteiger partial charge < -0.3 is 4.74 Å². The van der Waals surface area contributed by atoms with Gasteiger partial charge in [-0.05, 0) is 46.7 Å². The second-order valence-electron chi connectivity index (χ2n) is 8.45. The van der Waals surface area contributed by atoms with Gasteiger partial charge in [0.15, 0.2) is 0 Å². The predicted octanol–water partition coefficient (Wildman–Crippen LogP) is 7.64. The molecule has 0 aromatic heterocycles. The zero-order valence-electron chi connectivity index (χ0n) is 18.1. The molecule has 29 heavy (non-hydrogen) atoms. The molecule has 1 nitrogen and oxygen atoms in total. The van der Waals surface area contributed by atoms with E-state index in [1.54, 1.807) is 7.11 Å². The summed E-state index contributed by atoms with van der Waals surface area (Å²) in [6.45, 7) is 8.79. The van der Waals surface area contributed by atoms with Crippen molar-refractivity contribution >= 4 is 24.3 Å². The van der Waals surface area contributed by atoms with Crippen LogP contribution in [0.3, 0.4) is 0 Å². The van der Waals surface area contributed by atoms with Crippen LogP contribution in [0.2, 0.25) is 0 Å². The van der Waals surface area contributed by atoms with Crippen LogP contribution in [0.15, 0.2) is 66.7 Å². The van der Waals surface area contributed by atoms with Crippen LogP contribution in [0.1, 0.15) is 54.2 Å². The molecule has 0 saturated carbocycles. The number of hydrogen-bond acceptors (Lipinski definition) is 1. The molecule has 0 bridgehead atoms. The fraction of sp³-hybridized carbons (Fsp3) is 0.214. The van der Waals surface area contributed by atoms with Crippen LogP contribution in [0, 0.1) is 6.92 Å². The Morgan fingerprint density at radius 1 is 0.655 bits per heavy atom. The highest BCUT2D eigenvalue weighted by Crippen LogP contribution is 2.29. The summed E-state index contributed by atoms with van der Waals surface area (Å²) in [7, 11) is 1.72. The Labute approximate surface area is 175 Å². The van der Waals surface area contributed by atoms with E-state index in [9.17, 15) is 0 Å². The molecule has 0 aliphatic rings. The Kier molecular flexibility index (Phi) is 6.39. The molecule has 148 valence electrons. The Hall–Kier alpha value is -3.06. The SMILES string of the molecule is COc1ccc(C(C)(C)C)cc1/C=C/c1ccc(/C=C/c2ccc(C)cc2)cc1. The van der Waals surface area contributed by atoms with Gasteiger partial charge in [-0.25, -0.2) is 0 Å². The minimum atomic E-state index is 0.111. The van der Waals surface area contributed by atoms with Gasteiger partial charge in [0, 0.05) is 5.56 Å². The molecule has 0 radical (unpaired) electrons. The van der Waals surface area contributed by atoms with E-state index in [4.69, 9.17) is 4.74 Å². The van der Waals surface area contributed by atoms with Gasteiger partial charge in [0.05, 0.1) is 7.11 Å². The van der Waals surface area contributed by atoms with Crippen molar-refractivity contribution < 1.29 is 4.74 Å². The van der Waals surface area contributed by atoms with E-state index < -0.39 is 0 Å². The van der Waals surface area contributed by atoms with E-state index >= 15 is 0 Å². The lowest BCUT2D eigenvalue weighted by molar-refractivity contribution is 0.413. The third-order valence-electron chi connectivity index (χ3n) is 5.03. The summed E-state index contributed by atoms with van der Waals surface area (Å²) >= 11 is 0. The minimum Gasteiger partial charge on any atom is -0.496 e. The van der Waals surface area contributed by atoms with Gasteiger partial charge >= 0.3 is 0 Å². The van der Waals surface area contributed by atoms with Crippen LogP contribution in [-0.4, -0.2) is 7.11 Å². The number of rotatable bonds is 5. The first-order valence-corrected chi connectivity index (χ1v) is 10.1. The lowest BCUT2D eigenvalue weighted by Gasteiger charge is -2.20. The average molecular weight is 383 g/mol. The van der Waals surface area contributed by atoms with E-state index in [2.05, 4.69) is 119 Å². The summed E-state index contributed by atoms with van der Waals surface area (Å²) in [5, 5.41) is 0. The smallest absolute Gasteiger partial charge is 0.126 e. The van der Waals surface area contributed by atoms with Crippen molar-refractivity contribution in [3.05, 3.63) is 100 Å². The van der Waals surface area contributed by atoms with Crippen molar-refractivity contribution in [2.24, 2.45) is 0 Å². The van der Waals surface area contributed by atoms with Gasteiger partial charge in [-0.2, -0.15) is 0 Å². The molecule has 0 unspecified atom stereocenters. The summed E-state index contributed by atoms with van der Waals surface area (Å²) in [6.07, 6.45) is 8.56. The fourth-order valence-corrected chi connectivity index (χ4v) is 3.11. The third-order valence-corrected chi connectivity index (χ3v) is 5.03. The highest BCUT2D eigenvalue weighted by atomic mass is 16.5. The lowest BCUT2D eigenvalue weighted by atomic mass is 9.86. The Morgan fingerprint density at radius 3 is 1.62 bits per heavy atom. The van der Waals surface area contributed by atoms with Crippen LogP contribution in [-0.2, 0) is 5.41 Å². The second kappa shape index (κ2) is 8.96. The summed E-state index contributed by atoms with van der Waals surface area (Å²) in [5.41, 5.74) is 7.36. The molecule has 3 aromatic rings. The monoisotopic (exact) mass is 382 g/mol. The Balaban J connectivity index is 1.75. The highest BCUT2D eigenvalue weighted by Gasteiger charge is 2.15. The molecule has 0 heterocycles. The van der Waals surface area contributed by atoms with E-state index in [0.29, 0.717) is 0 Å². The highest BCUT2D eigenvalue weighted by molar-refractivity contribution is 5.75. The first-order chi connectivity index (χ1) is 13.8. The number of methoxy groups -OCH3 is 1. The van der Waals surface area contributed by atoms with E-state index in [0.717, 1.165) is 11.3 Å². The first-order valence-electron chi connectivity index (χ1n) is 10.1. The van der Waals surface area contributed by atoms with Crippen LogP contribution >= 0.6 is 0 Å². The number of hydrogen-bond donors (Lipinski definition) is 0. The maximum atomic E-state index is 5.54. The standard InChI is InChI=1S/C28H30O/c1-21-6-8-22(9-7-21)10-11-23-12-14-24(15-13-23)16-17-25-20-26(28(2,3)4)18-19-27(25)29-5/h6-20H,1-5H3/b11-10+,17-16+. The molecule has 0 amide bonds. The molecule has 0 atom stereocenters. The molecule has 0 aliphatic heterocycles. The van der Waals surface area contributed by atoms with Gasteiger partial charge in [0.1, 0.15) is 5.75 Å². The van der Waals surface area contributed by atoms with E-state index in [1.165, 1.54) is 27.8 Å². The van der Waals surface area contributed by atoms with Crippen molar-refractivity contribution in [2.45, 2.75) is 33.1 Å². The molecule has 3 rings (SSSR count). The Bertz CT molecular complexity index is 998. The first kappa shape index (κ1) is 20.7. The van der Waals surface area contributed by atoms with Crippen molar-refractivity contribution in [2.75, 3.05) is 7.11 Å². The van der Waals surface area contributed by atoms with E-state index in [-0.39, 0.29) is 5.41 Å². The van der Waals surface area contributed by atoms with Gasteiger partial charge in [-0.15, -0.1) is 0 Å². The molecule has 0 saturated heterocycles. The third kappa shape index (κ3) is 5.71. The zero-order valence-corrected chi connectivity index (χ0v) is 18.1. The van der Waals surface area contributed by atoms with Gasteiger partial charge in [-0.3, -0.25) is 0 Å². The maximum Gasteiger partial charge on any atom is 0.126 e. The predicted molar refractivity (Wildman–Crippen MR) is 127 cm³/mol. The molecule has 1 heteroatoms. The molecular weight excluding hydrogens is 352 g/mol. The zero-order chi connectivity index (χ0) is 20.9. The normalized spacial score (nSPS) is 12.0. The minimum absolute atomic E-state index is 0.111. The van der Waals surface area contributed by atoms with E-state index in [1.807, 2.05) is 0 Å². The van der Waals surface area contributed by atoms with Crippen molar-refractivity contribution in [3.63, 3.8) is 0 Å². The molecule has 3 aromatic carbocycles. The largest absolute Gasteiger partial charge is 0.496 e. The van der Waals surface area contributed by atoms with Gasteiger partial charge in [0.2, 0.25) is 0 Å². The number of benzene rings is 3. The van der Waals surface area contributed by atoms with Crippen LogP contribution in [0.4, 0.5) is 0 Å². The molecule has 0 spiro atoms. The molecule has 0 N–H and O–H groups in total. The summed E-state index contributed by atoms with van der Waals surface area (Å²) < 4.78 is 5.54. The second-order valence-corrected chi connectivity index (χ2v) is 8.45. The maximum absolute atomic E-state index is 5.54. The van der Waals surface area contributed by atoms with Crippen LogP contribution in [0.5, 0.6) is 5.75 Å². The van der Waals surface area contributed by atoms with Crippen molar-refractivity contribution in [1.29, 1.82) is 0 Å². The molecule has 0 fully saturated rings. The molecule has 0 aliphatic carbocycles. The van der Waals surface area contributed by atoms with Gasteiger partial charge in [-0.1, -0.05) is 105 Å². The fourth-order valence-electron chi connectivity index (χ4n) is 3.11. The quantitative estimate of drug-likeness (QED) is 0.412. The number of aryl methyl sites for hydroxylation is 1. The lowest BCUT2D eigenvalue weighted by Crippen LogP contribution is -2.11.